The molecule has 130 valence electrons. The standard InChI is InChI=1S/C21H19N3OS/c1-12-19-16(11-18-20(25)23(2)21(26)24(12)18)15-9-8-14(10-17(15)22-19)13-6-4-3-5-7-13/h3-10,12,22,25H,11H2,1-2H3/t12-/m0/s1. The number of hydrogen-bond donors (Lipinski definition) is 2. The molecule has 2 aromatic heterocycles. The molecular formula is C21H19N3OS. The molecule has 0 radical (unpaired) electrons. The highest BCUT2D eigenvalue weighted by atomic mass is 32.1. The Labute approximate surface area is 156 Å². The Morgan fingerprint density at radius 2 is 1.88 bits per heavy atom. The van der Waals surface area contributed by atoms with Crippen LogP contribution in [0.2, 0.25) is 0 Å². The van der Waals surface area contributed by atoms with Crippen molar-refractivity contribution in [1.82, 2.24) is 14.1 Å². The fourth-order valence-corrected chi connectivity index (χ4v) is 4.52. The summed E-state index contributed by atoms with van der Waals surface area (Å²) in [5, 5.41) is 11.7. The minimum absolute atomic E-state index is 0.0703. The SMILES string of the molecule is C[C@H]1c2[nH]c3cc(-c4ccccc4)ccc3c2Cc2c(O)n(C)c(=S)n21. The molecule has 26 heavy (non-hydrogen) atoms. The van der Waals surface area contributed by atoms with E-state index < -0.39 is 0 Å². The monoisotopic (exact) mass is 361 g/mol. The van der Waals surface area contributed by atoms with Gasteiger partial charge in [-0.3, -0.25) is 4.57 Å². The highest BCUT2D eigenvalue weighted by Gasteiger charge is 2.30. The Kier molecular flexibility index (Phi) is 3.18. The van der Waals surface area contributed by atoms with Crippen LogP contribution in [0.15, 0.2) is 48.5 Å². The van der Waals surface area contributed by atoms with E-state index in [2.05, 4.69) is 58.9 Å². The Bertz CT molecular complexity index is 1210. The number of imidazole rings is 1. The van der Waals surface area contributed by atoms with Gasteiger partial charge in [0.1, 0.15) is 0 Å². The number of hydrogen-bond acceptors (Lipinski definition) is 2. The van der Waals surface area contributed by atoms with Gasteiger partial charge in [-0.25, -0.2) is 0 Å². The van der Waals surface area contributed by atoms with Gasteiger partial charge in [-0.05, 0) is 41.9 Å². The van der Waals surface area contributed by atoms with Gasteiger partial charge < -0.3 is 14.7 Å². The van der Waals surface area contributed by atoms with E-state index in [4.69, 9.17) is 12.2 Å². The molecule has 4 aromatic rings. The second-order valence-electron chi connectivity index (χ2n) is 6.98. The van der Waals surface area contributed by atoms with E-state index in [1.54, 1.807) is 4.57 Å². The molecule has 3 heterocycles. The van der Waals surface area contributed by atoms with Crippen molar-refractivity contribution in [2.75, 3.05) is 0 Å². The van der Waals surface area contributed by atoms with Crippen molar-refractivity contribution in [1.29, 1.82) is 0 Å². The van der Waals surface area contributed by atoms with Gasteiger partial charge in [-0.15, -0.1) is 0 Å². The molecule has 0 aliphatic carbocycles. The number of aromatic nitrogens is 3. The number of H-pyrrole nitrogens is 1. The minimum Gasteiger partial charge on any atom is -0.493 e. The van der Waals surface area contributed by atoms with Crippen LogP contribution < -0.4 is 0 Å². The van der Waals surface area contributed by atoms with Crippen LogP contribution in [0.4, 0.5) is 0 Å². The normalized spacial score (nSPS) is 15.8. The molecule has 5 rings (SSSR count). The predicted octanol–water partition coefficient (Wildman–Crippen LogP) is 4.92. The molecule has 1 atom stereocenters. The first kappa shape index (κ1) is 15.5. The van der Waals surface area contributed by atoms with Crippen molar-refractivity contribution in [2.45, 2.75) is 19.4 Å². The molecule has 1 aliphatic rings. The van der Waals surface area contributed by atoms with E-state index in [0.29, 0.717) is 11.2 Å². The van der Waals surface area contributed by atoms with Gasteiger partial charge in [0.25, 0.3) is 0 Å². The van der Waals surface area contributed by atoms with Gasteiger partial charge in [0, 0.05) is 30.1 Å². The van der Waals surface area contributed by atoms with Gasteiger partial charge in [0.15, 0.2) is 4.77 Å². The van der Waals surface area contributed by atoms with Gasteiger partial charge >= 0.3 is 0 Å². The molecule has 5 heteroatoms. The van der Waals surface area contributed by atoms with Crippen LogP contribution in [0.5, 0.6) is 5.88 Å². The lowest BCUT2D eigenvalue weighted by atomic mass is 9.97. The van der Waals surface area contributed by atoms with Crippen LogP contribution in [0.3, 0.4) is 0 Å². The van der Waals surface area contributed by atoms with Gasteiger partial charge in [0.05, 0.1) is 11.7 Å². The number of nitrogens with one attached hydrogen (secondary N) is 1. The molecule has 0 amide bonds. The number of nitrogens with zero attached hydrogens (tertiary/aromatic N) is 2. The van der Waals surface area contributed by atoms with Crippen molar-refractivity contribution in [3.8, 4) is 17.0 Å². The summed E-state index contributed by atoms with van der Waals surface area (Å²) in [7, 11) is 1.81. The number of benzene rings is 2. The lowest BCUT2D eigenvalue weighted by Gasteiger charge is -2.22. The molecule has 1 aliphatic heterocycles. The average molecular weight is 361 g/mol. The van der Waals surface area contributed by atoms with Crippen LogP contribution in [-0.2, 0) is 13.5 Å². The Morgan fingerprint density at radius 3 is 2.65 bits per heavy atom. The molecule has 2 N–H and O–H groups in total. The average Bonchev–Trinajstić information content (AvgIpc) is 3.14. The second-order valence-corrected chi connectivity index (χ2v) is 7.34. The zero-order chi connectivity index (χ0) is 18.0. The van der Waals surface area contributed by atoms with Gasteiger partial charge in [0.2, 0.25) is 5.88 Å². The number of fused-ring (bicyclic) bond motifs is 4. The lowest BCUT2D eigenvalue weighted by Crippen LogP contribution is -2.18. The van der Waals surface area contributed by atoms with Crippen molar-refractivity contribution >= 4 is 23.1 Å². The summed E-state index contributed by atoms with van der Waals surface area (Å²) >= 11 is 5.52. The zero-order valence-corrected chi connectivity index (χ0v) is 15.5. The van der Waals surface area contributed by atoms with E-state index in [0.717, 1.165) is 11.2 Å². The third kappa shape index (κ3) is 1.98. The number of aromatic amines is 1. The quantitative estimate of drug-likeness (QED) is 0.473. The Balaban J connectivity index is 1.70. The Morgan fingerprint density at radius 1 is 1.12 bits per heavy atom. The van der Waals surface area contributed by atoms with Crippen LogP contribution in [0, 0.1) is 4.77 Å². The fourth-order valence-electron chi connectivity index (χ4n) is 4.16. The summed E-state index contributed by atoms with van der Waals surface area (Å²) in [6.07, 6.45) is 0.681. The van der Waals surface area contributed by atoms with E-state index in [9.17, 15) is 5.11 Å². The molecule has 2 aromatic carbocycles. The van der Waals surface area contributed by atoms with E-state index in [-0.39, 0.29) is 11.9 Å². The minimum atomic E-state index is 0.0703. The first-order valence-electron chi connectivity index (χ1n) is 8.75. The van der Waals surface area contributed by atoms with E-state index in [1.807, 2.05) is 13.1 Å². The topological polar surface area (TPSA) is 45.9 Å². The highest BCUT2D eigenvalue weighted by molar-refractivity contribution is 7.71. The lowest BCUT2D eigenvalue weighted by molar-refractivity contribution is 0.423. The molecule has 0 saturated carbocycles. The first-order valence-corrected chi connectivity index (χ1v) is 9.16. The predicted molar refractivity (Wildman–Crippen MR) is 106 cm³/mol. The van der Waals surface area contributed by atoms with Gasteiger partial charge in [-0.1, -0.05) is 42.5 Å². The van der Waals surface area contributed by atoms with Crippen LogP contribution in [-0.4, -0.2) is 19.2 Å². The molecular weight excluding hydrogens is 342 g/mol. The Hall–Kier alpha value is -2.79. The summed E-state index contributed by atoms with van der Waals surface area (Å²) < 4.78 is 4.39. The smallest absolute Gasteiger partial charge is 0.213 e. The number of rotatable bonds is 1. The molecule has 0 fully saturated rings. The largest absolute Gasteiger partial charge is 0.493 e. The summed E-state index contributed by atoms with van der Waals surface area (Å²) in [5.74, 6) is 0.266. The summed E-state index contributed by atoms with van der Waals surface area (Å²) in [6.45, 7) is 2.13. The second kappa shape index (κ2) is 5.35. The third-order valence-corrected chi connectivity index (χ3v) is 6.03. The first-order chi connectivity index (χ1) is 12.6. The number of aromatic hydroxyl groups is 1. The highest BCUT2D eigenvalue weighted by Crippen LogP contribution is 2.40. The molecule has 0 spiro atoms. The third-order valence-electron chi connectivity index (χ3n) is 5.56. The van der Waals surface area contributed by atoms with Crippen LogP contribution >= 0.6 is 12.2 Å². The maximum Gasteiger partial charge on any atom is 0.213 e. The van der Waals surface area contributed by atoms with Crippen molar-refractivity contribution < 1.29 is 5.11 Å². The summed E-state index contributed by atoms with van der Waals surface area (Å²) in [4.78, 5) is 3.61. The molecule has 0 bridgehead atoms. The van der Waals surface area contributed by atoms with Crippen molar-refractivity contribution in [3.63, 3.8) is 0 Å². The van der Waals surface area contributed by atoms with Crippen molar-refractivity contribution in [2.24, 2.45) is 7.05 Å². The molecule has 0 unspecified atom stereocenters. The molecule has 0 saturated heterocycles. The van der Waals surface area contributed by atoms with Crippen LogP contribution in [0.1, 0.15) is 29.9 Å². The van der Waals surface area contributed by atoms with Gasteiger partial charge in [-0.2, -0.15) is 0 Å². The van der Waals surface area contributed by atoms with E-state index >= 15 is 0 Å². The summed E-state index contributed by atoms with van der Waals surface area (Å²) in [6, 6.07) is 17.0. The van der Waals surface area contributed by atoms with Crippen molar-refractivity contribution in [3.05, 3.63) is 70.3 Å². The van der Waals surface area contributed by atoms with Crippen LogP contribution in [0.25, 0.3) is 22.0 Å². The van der Waals surface area contributed by atoms with E-state index in [1.165, 1.54) is 27.8 Å². The maximum absolute atomic E-state index is 10.5. The zero-order valence-electron chi connectivity index (χ0n) is 14.7. The maximum atomic E-state index is 10.5. The molecule has 4 nitrogen and oxygen atoms in total. The summed E-state index contributed by atoms with van der Waals surface area (Å²) in [5.41, 5.74) is 6.86. The fraction of sp³-hybridized carbons (Fsp3) is 0.190.